The highest BCUT2D eigenvalue weighted by Gasteiger charge is 2.05. The van der Waals surface area contributed by atoms with Crippen LogP contribution < -0.4 is 10.3 Å². The molecule has 0 saturated heterocycles. The molecule has 0 bridgehead atoms. The number of furan rings is 1. The summed E-state index contributed by atoms with van der Waals surface area (Å²) < 4.78 is 7.38. The van der Waals surface area contributed by atoms with Crippen LogP contribution in [0.25, 0.3) is 0 Å². The monoisotopic (exact) mass is 274 g/mol. The summed E-state index contributed by atoms with van der Waals surface area (Å²) in [6.45, 7) is 0. The van der Waals surface area contributed by atoms with E-state index in [1.807, 2.05) is 55.0 Å². The maximum Gasteiger partial charge on any atom is 0.245 e. The molecule has 0 atom stereocenters. The zero-order valence-corrected chi connectivity index (χ0v) is 11.8. The summed E-state index contributed by atoms with van der Waals surface area (Å²) in [5.74, 6) is 1.16. The number of anilines is 1. The van der Waals surface area contributed by atoms with Crippen LogP contribution in [0.2, 0.25) is 0 Å². The average molecular weight is 274 g/mol. The predicted octanol–water partition coefficient (Wildman–Crippen LogP) is 1.38. The van der Waals surface area contributed by atoms with Crippen LogP contribution in [0, 0.1) is 0 Å². The fourth-order valence-electron chi connectivity index (χ4n) is 1.70. The van der Waals surface area contributed by atoms with E-state index in [1.165, 1.54) is 6.21 Å². The van der Waals surface area contributed by atoms with Crippen molar-refractivity contribution in [3.8, 4) is 0 Å². The zero-order valence-electron chi connectivity index (χ0n) is 11.8. The van der Waals surface area contributed by atoms with E-state index in [9.17, 15) is 4.79 Å². The fourth-order valence-corrected chi connectivity index (χ4v) is 1.70. The average Bonchev–Trinajstić information content (AvgIpc) is 3.00. The number of nitrogens with one attached hydrogen (secondary N) is 1. The van der Waals surface area contributed by atoms with Crippen molar-refractivity contribution in [2.45, 2.75) is 6.42 Å². The molecule has 1 amide bonds. The van der Waals surface area contributed by atoms with Gasteiger partial charge in [0.05, 0.1) is 12.6 Å². The Morgan fingerprint density at radius 1 is 1.45 bits per heavy atom. The van der Waals surface area contributed by atoms with Gasteiger partial charge in [-0.1, -0.05) is 0 Å². The van der Waals surface area contributed by atoms with Crippen molar-refractivity contribution in [2.75, 3.05) is 19.0 Å². The van der Waals surface area contributed by atoms with Gasteiger partial charge >= 0.3 is 0 Å². The van der Waals surface area contributed by atoms with Gasteiger partial charge in [-0.05, 0) is 18.2 Å². The fraction of sp³-hybridized carbons (Fsp3) is 0.286. The molecule has 0 unspecified atom stereocenters. The van der Waals surface area contributed by atoms with Crippen LogP contribution in [0.3, 0.4) is 0 Å². The third-order valence-electron chi connectivity index (χ3n) is 2.83. The van der Waals surface area contributed by atoms with Gasteiger partial charge in [0, 0.05) is 39.1 Å². The standard InChI is InChI=1S/C14H18N4O2/c1-17(2)14-7-6-12(20-14)10-15-16-13(19)9-11-5-4-8-18(11)3/h4-8,10H,9H2,1-3H3,(H,16,19)/b15-10-. The summed E-state index contributed by atoms with van der Waals surface area (Å²) in [4.78, 5) is 13.5. The van der Waals surface area contributed by atoms with Crippen LogP contribution in [0.4, 0.5) is 5.88 Å². The van der Waals surface area contributed by atoms with Gasteiger partial charge in [-0.2, -0.15) is 5.10 Å². The molecule has 2 heterocycles. The van der Waals surface area contributed by atoms with Gasteiger partial charge in [0.2, 0.25) is 5.91 Å². The van der Waals surface area contributed by atoms with Crippen LogP contribution in [0.15, 0.2) is 40.0 Å². The molecule has 6 nitrogen and oxygen atoms in total. The smallest absolute Gasteiger partial charge is 0.245 e. The molecule has 1 N–H and O–H groups in total. The topological polar surface area (TPSA) is 62.8 Å². The molecule has 0 radical (unpaired) electrons. The molecule has 0 aliphatic heterocycles. The molecule has 0 aliphatic carbocycles. The van der Waals surface area contributed by atoms with E-state index in [2.05, 4.69) is 10.5 Å². The van der Waals surface area contributed by atoms with E-state index < -0.39 is 0 Å². The maximum atomic E-state index is 11.7. The third kappa shape index (κ3) is 3.50. The quantitative estimate of drug-likeness (QED) is 0.662. The van der Waals surface area contributed by atoms with Crippen molar-refractivity contribution in [1.29, 1.82) is 0 Å². The maximum absolute atomic E-state index is 11.7. The van der Waals surface area contributed by atoms with Crippen LogP contribution in [-0.2, 0) is 18.3 Å². The highest BCUT2D eigenvalue weighted by molar-refractivity contribution is 5.81. The van der Waals surface area contributed by atoms with E-state index in [0.29, 0.717) is 12.2 Å². The summed E-state index contributed by atoms with van der Waals surface area (Å²) in [7, 11) is 5.68. The van der Waals surface area contributed by atoms with E-state index in [1.54, 1.807) is 6.07 Å². The van der Waals surface area contributed by atoms with Crippen molar-refractivity contribution in [3.63, 3.8) is 0 Å². The first-order valence-corrected chi connectivity index (χ1v) is 6.25. The van der Waals surface area contributed by atoms with Crippen molar-refractivity contribution in [1.82, 2.24) is 9.99 Å². The molecule has 0 aliphatic rings. The number of hydrazone groups is 1. The summed E-state index contributed by atoms with van der Waals surface area (Å²) in [6.07, 6.45) is 3.68. The van der Waals surface area contributed by atoms with E-state index in [0.717, 1.165) is 11.6 Å². The first kappa shape index (κ1) is 13.9. The number of amides is 1. The molecule has 106 valence electrons. The molecule has 0 aromatic carbocycles. The highest BCUT2D eigenvalue weighted by Crippen LogP contribution is 2.13. The Labute approximate surface area is 117 Å². The SMILES string of the molecule is CN(C)c1ccc(/C=N\NC(=O)Cc2cccn2C)o1. The minimum absolute atomic E-state index is 0.164. The number of aromatic nitrogens is 1. The lowest BCUT2D eigenvalue weighted by Gasteiger charge is -2.05. The van der Waals surface area contributed by atoms with Gasteiger partial charge in [-0.15, -0.1) is 0 Å². The number of hydrogen-bond acceptors (Lipinski definition) is 4. The Balaban J connectivity index is 1.86. The second kappa shape index (κ2) is 6.10. The number of nitrogens with zero attached hydrogens (tertiary/aromatic N) is 3. The second-order valence-corrected chi connectivity index (χ2v) is 4.65. The Morgan fingerprint density at radius 3 is 2.85 bits per heavy atom. The molecule has 2 aromatic rings. The van der Waals surface area contributed by atoms with E-state index in [-0.39, 0.29) is 5.91 Å². The van der Waals surface area contributed by atoms with Gasteiger partial charge in [0.15, 0.2) is 5.88 Å². The first-order valence-electron chi connectivity index (χ1n) is 6.25. The Kier molecular flexibility index (Phi) is 4.24. The second-order valence-electron chi connectivity index (χ2n) is 4.65. The Morgan fingerprint density at radius 2 is 2.25 bits per heavy atom. The number of rotatable bonds is 5. The normalized spacial score (nSPS) is 10.9. The minimum atomic E-state index is -0.164. The van der Waals surface area contributed by atoms with Crippen LogP contribution in [0.1, 0.15) is 11.5 Å². The van der Waals surface area contributed by atoms with E-state index in [4.69, 9.17) is 4.42 Å². The van der Waals surface area contributed by atoms with Gasteiger partial charge in [0.1, 0.15) is 5.76 Å². The summed E-state index contributed by atoms with van der Waals surface area (Å²) in [5.41, 5.74) is 3.41. The predicted molar refractivity (Wildman–Crippen MR) is 77.9 cm³/mol. The number of hydrogen-bond donors (Lipinski definition) is 1. The third-order valence-corrected chi connectivity index (χ3v) is 2.83. The van der Waals surface area contributed by atoms with Crippen molar-refractivity contribution in [3.05, 3.63) is 41.9 Å². The lowest BCUT2D eigenvalue weighted by Crippen LogP contribution is -2.20. The van der Waals surface area contributed by atoms with Crippen molar-refractivity contribution in [2.24, 2.45) is 12.1 Å². The molecule has 0 fully saturated rings. The summed E-state index contributed by atoms with van der Waals surface area (Å²) >= 11 is 0. The lowest BCUT2D eigenvalue weighted by atomic mass is 10.3. The molecule has 20 heavy (non-hydrogen) atoms. The molecule has 0 saturated carbocycles. The van der Waals surface area contributed by atoms with Gasteiger partial charge in [-0.25, -0.2) is 5.43 Å². The number of carbonyl (C=O) groups excluding carboxylic acids is 1. The van der Waals surface area contributed by atoms with Crippen molar-refractivity contribution >= 4 is 18.0 Å². The molecule has 6 heteroatoms. The number of aryl methyl sites for hydroxylation is 1. The van der Waals surface area contributed by atoms with Crippen molar-refractivity contribution < 1.29 is 9.21 Å². The first-order chi connectivity index (χ1) is 9.56. The van der Waals surface area contributed by atoms with Gasteiger partial charge in [-0.3, -0.25) is 4.79 Å². The minimum Gasteiger partial charge on any atom is -0.440 e. The highest BCUT2D eigenvalue weighted by atomic mass is 16.4. The van der Waals surface area contributed by atoms with Gasteiger partial charge in [0.25, 0.3) is 0 Å². The summed E-state index contributed by atoms with van der Waals surface area (Å²) in [6, 6.07) is 7.44. The Hall–Kier alpha value is -2.50. The molecular formula is C14H18N4O2. The van der Waals surface area contributed by atoms with Gasteiger partial charge < -0.3 is 13.9 Å². The zero-order chi connectivity index (χ0) is 14.5. The largest absolute Gasteiger partial charge is 0.440 e. The lowest BCUT2D eigenvalue weighted by molar-refractivity contribution is -0.120. The van der Waals surface area contributed by atoms with E-state index >= 15 is 0 Å². The molecular weight excluding hydrogens is 256 g/mol. The van der Waals surface area contributed by atoms with Crippen LogP contribution in [0.5, 0.6) is 0 Å². The molecule has 0 spiro atoms. The molecule has 2 aromatic heterocycles. The van der Waals surface area contributed by atoms with Crippen LogP contribution in [-0.4, -0.2) is 30.8 Å². The Bertz CT molecular complexity index is 610. The molecule has 2 rings (SSSR count). The summed E-state index contributed by atoms with van der Waals surface area (Å²) in [5, 5.41) is 3.88. The van der Waals surface area contributed by atoms with Crippen LogP contribution >= 0.6 is 0 Å². The number of carbonyl (C=O) groups is 1.